The Bertz CT molecular complexity index is 813. The van der Waals surface area contributed by atoms with Gasteiger partial charge in [-0.2, -0.15) is 5.10 Å². The Morgan fingerprint density at radius 1 is 1.17 bits per heavy atom. The Morgan fingerprint density at radius 3 is 2.65 bits per heavy atom. The van der Waals surface area contributed by atoms with E-state index in [0.29, 0.717) is 11.6 Å². The molecular formula is C16H14N4O3. The van der Waals surface area contributed by atoms with Gasteiger partial charge >= 0.3 is 5.97 Å². The fraction of sp³-hybridized carbons (Fsp3) is 0.125. The predicted octanol–water partition coefficient (Wildman–Crippen LogP) is 2.12. The highest BCUT2D eigenvalue weighted by Crippen LogP contribution is 2.24. The van der Waals surface area contributed by atoms with Gasteiger partial charge in [-0.1, -0.05) is 0 Å². The summed E-state index contributed by atoms with van der Waals surface area (Å²) in [4.78, 5) is 20.1. The Kier molecular flexibility index (Phi) is 4.01. The van der Waals surface area contributed by atoms with Gasteiger partial charge in [-0.25, -0.2) is 14.5 Å². The molecule has 3 heterocycles. The van der Waals surface area contributed by atoms with Crippen molar-refractivity contribution in [3.05, 3.63) is 54.6 Å². The molecule has 3 aromatic rings. The van der Waals surface area contributed by atoms with Crippen LogP contribution in [-0.2, 0) is 4.74 Å². The molecule has 23 heavy (non-hydrogen) atoms. The summed E-state index contributed by atoms with van der Waals surface area (Å²) in [5, 5.41) is 4.31. The van der Waals surface area contributed by atoms with Crippen LogP contribution in [-0.4, -0.2) is 39.9 Å². The quantitative estimate of drug-likeness (QED) is 0.687. The molecule has 7 nitrogen and oxygen atoms in total. The van der Waals surface area contributed by atoms with Crippen LogP contribution in [0.25, 0.3) is 16.9 Å². The summed E-state index contributed by atoms with van der Waals surface area (Å²) in [6.45, 7) is 0. The molecule has 0 atom stereocenters. The first-order chi connectivity index (χ1) is 11.2. The van der Waals surface area contributed by atoms with Crippen molar-refractivity contribution in [3.8, 4) is 22.8 Å². The predicted molar refractivity (Wildman–Crippen MR) is 82.5 cm³/mol. The van der Waals surface area contributed by atoms with E-state index in [9.17, 15) is 4.79 Å². The molecule has 0 aromatic carbocycles. The van der Waals surface area contributed by atoms with Gasteiger partial charge in [0.1, 0.15) is 0 Å². The molecule has 0 fully saturated rings. The molecule has 0 spiro atoms. The fourth-order valence-electron chi connectivity index (χ4n) is 2.12. The standard InChI is InChI=1S/C16H14N4O3/c1-22-15-6-5-11(9-18-15)14-8-13(16(21)23-2)19-20(14)12-4-3-7-17-10-12/h3-10H,1-2H3. The number of pyridine rings is 2. The minimum Gasteiger partial charge on any atom is -0.481 e. The molecule has 0 N–H and O–H groups in total. The second-order valence-electron chi connectivity index (χ2n) is 4.62. The van der Waals surface area contributed by atoms with E-state index in [1.165, 1.54) is 7.11 Å². The molecule has 0 bridgehead atoms. The van der Waals surface area contributed by atoms with Gasteiger partial charge in [-0.05, 0) is 24.3 Å². The number of nitrogens with zero attached hydrogens (tertiary/aromatic N) is 4. The van der Waals surface area contributed by atoms with Crippen molar-refractivity contribution in [3.63, 3.8) is 0 Å². The van der Waals surface area contributed by atoms with Crippen LogP contribution >= 0.6 is 0 Å². The first-order valence-corrected chi connectivity index (χ1v) is 6.82. The molecule has 0 aliphatic rings. The lowest BCUT2D eigenvalue weighted by Gasteiger charge is -2.07. The zero-order valence-corrected chi connectivity index (χ0v) is 12.6. The molecule has 116 valence electrons. The molecule has 0 unspecified atom stereocenters. The van der Waals surface area contributed by atoms with Crippen molar-refractivity contribution in [1.29, 1.82) is 0 Å². The average molecular weight is 310 g/mol. The Hall–Kier alpha value is -3.22. The summed E-state index contributed by atoms with van der Waals surface area (Å²) in [7, 11) is 2.87. The van der Waals surface area contributed by atoms with Gasteiger partial charge in [0.2, 0.25) is 5.88 Å². The van der Waals surface area contributed by atoms with E-state index in [0.717, 1.165) is 11.3 Å². The number of hydrogen-bond donors (Lipinski definition) is 0. The third-order valence-electron chi connectivity index (χ3n) is 3.24. The number of rotatable bonds is 4. The Labute approximate surface area is 132 Å². The van der Waals surface area contributed by atoms with E-state index in [2.05, 4.69) is 15.1 Å². The molecule has 3 aromatic heterocycles. The van der Waals surface area contributed by atoms with E-state index >= 15 is 0 Å². The normalized spacial score (nSPS) is 10.3. The maximum absolute atomic E-state index is 11.8. The fourth-order valence-corrected chi connectivity index (χ4v) is 2.12. The number of carbonyl (C=O) groups is 1. The number of esters is 1. The first-order valence-electron chi connectivity index (χ1n) is 6.82. The van der Waals surface area contributed by atoms with Gasteiger partial charge in [0.25, 0.3) is 0 Å². The van der Waals surface area contributed by atoms with Gasteiger partial charge in [0.05, 0.1) is 31.8 Å². The molecule has 0 radical (unpaired) electrons. The lowest BCUT2D eigenvalue weighted by atomic mass is 10.2. The summed E-state index contributed by atoms with van der Waals surface area (Å²) < 4.78 is 11.4. The van der Waals surface area contributed by atoms with Crippen LogP contribution in [0, 0.1) is 0 Å². The van der Waals surface area contributed by atoms with Crippen LogP contribution in [0.3, 0.4) is 0 Å². The highest BCUT2D eigenvalue weighted by Gasteiger charge is 2.17. The number of hydrogen-bond acceptors (Lipinski definition) is 6. The SMILES string of the molecule is COC(=O)c1cc(-c2ccc(OC)nc2)n(-c2cccnc2)n1. The summed E-state index contributed by atoms with van der Waals surface area (Å²) >= 11 is 0. The second kappa shape index (κ2) is 6.27. The monoisotopic (exact) mass is 310 g/mol. The minimum absolute atomic E-state index is 0.210. The van der Waals surface area contributed by atoms with Crippen molar-refractivity contribution in [1.82, 2.24) is 19.7 Å². The van der Waals surface area contributed by atoms with Crippen molar-refractivity contribution in [2.45, 2.75) is 0 Å². The van der Waals surface area contributed by atoms with Gasteiger partial charge < -0.3 is 9.47 Å². The largest absolute Gasteiger partial charge is 0.481 e. The highest BCUT2D eigenvalue weighted by atomic mass is 16.5. The van der Waals surface area contributed by atoms with Crippen LogP contribution in [0.2, 0.25) is 0 Å². The molecule has 0 saturated heterocycles. The van der Waals surface area contributed by atoms with E-state index in [4.69, 9.17) is 9.47 Å². The first kappa shape index (κ1) is 14.7. The zero-order chi connectivity index (χ0) is 16.2. The maximum atomic E-state index is 11.8. The second-order valence-corrected chi connectivity index (χ2v) is 4.62. The van der Waals surface area contributed by atoms with Crippen molar-refractivity contribution in [2.24, 2.45) is 0 Å². The number of methoxy groups -OCH3 is 2. The highest BCUT2D eigenvalue weighted by molar-refractivity contribution is 5.88. The third-order valence-corrected chi connectivity index (χ3v) is 3.24. The zero-order valence-electron chi connectivity index (χ0n) is 12.6. The number of aromatic nitrogens is 4. The minimum atomic E-state index is -0.504. The average Bonchev–Trinajstić information content (AvgIpc) is 3.07. The molecular weight excluding hydrogens is 296 g/mol. The van der Waals surface area contributed by atoms with Crippen LogP contribution in [0.1, 0.15) is 10.5 Å². The van der Waals surface area contributed by atoms with Crippen molar-refractivity contribution < 1.29 is 14.3 Å². The summed E-state index contributed by atoms with van der Waals surface area (Å²) in [5.41, 5.74) is 2.43. The molecule has 0 amide bonds. The molecule has 0 aliphatic heterocycles. The number of carbonyl (C=O) groups excluding carboxylic acids is 1. The van der Waals surface area contributed by atoms with E-state index in [1.807, 2.05) is 12.1 Å². The molecule has 7 heteroatoms. The molecule has 0 aliphatic carbocycles. The van der Waals surface area contributed by atoms with E-state index in [-0.39, 0.29) is 5.69 Å². The Balaban J connectivity index is 2.13. The topological polar surface area (TPSA) is 79.1 Å². The summed E-state index contributed by atoms with van der Waals surface area (Å²) in [6, 6.07) is 8.89. The molecule has 3 rings (SSSR count). The Morgan fingerprint density at radius 2 is 2.04 bits per heavy atom. The lowest BCUT2D eigenvalue weighted by molar-refractivity contribution is 0.0593. The van der Waals surface area contributed by atoms with Crippen molar-refractivity contribution >= 4 is 5.97 Å². The lowest BCUT2D eigenvalue weighted by Crippen LogP contribution is -2.04. The third kappa shape index (κ3) is 2.89. The van der Waals surface area contributed by atoms with Gasteiger partial charge in [-0.3, -0.25) is 4.98 Å². The van der Waals surface area contributed by atoms with Crippen LogP contribution in [0.4, 0.5) is 0 Å². The summed E-state index contributed by atoms with van der Waals surface area (Å²) in [5.74, 6) is 0.00439. The van der Waals surface area contributed by atoms with E-state index in [1.54, 1.807) is 48.6 Å². The van der Waals surface area contributed by atoms with Crippen LogP contribution in [0.5, 0.6) is 5.88 Å². The number of ether oxygens (including phenoxy) is 2. The van der Waals surface area contributed by atoms with Gasteiger partial charge in [0.15, 0.2) is 5.69 Å². The van der Waals surface area contributed by atoms with Crippen LogP contribution < -0.4 is 4.74 Å². The van der Waals surface area contributed by atoms with Crippen LogP contribution in [0.15, 0.2) is 48.9 Å². The summed E-state index contributed by atoms with van der Waals surface area (Å²) in [6.07, 6.45) is 4.99. The van der Waals surface area contributed by atoms with Gasteiger partial charge in [0, 0.05) is 24.0 Å². The maximum Gasteiger partial charge on any atom is 0.358 e. The smallest absolute Gasteiger partial charge is 0.358 e. The molecule has 0 saturated carbocycles. The van der Waals surface area contributed by atoms with Gasteiger partial charge in [-0.15, -0.1) is 0 Å². The van der Waals surface area contributed by atoms with Crippen molar-refractivity contribution in [2.75, 3.05) is 14.2 Å². The van der Waals surface area contributed by atoms with E-state index < -0.39 is 5.97 Å².